The van der Waals surface area contributed by atoms with Gasteiger partial charge < -0.3 is 14.3 Å². The average molecular weight is 221 g/mol. The predicted octanol–water partition coefficient (Wildman–Crippen LogP) is 1.69. The Morgan fingerprint density at radius 2 is 2.38 bits per heavy atom. The number of nitrogens with zero attached hydrogens (tertiary/aromatic N) is 2. The quantitative estimate of drug-likeness (QED) is 0.832. The van der Waals surface area contributed by atoms with Crippen molar-refractivity contribution >= 4 is 0 Å². The largest absolute Gasteiger partial charge is 0.469 e. The molecule has 0 radical (unpaired) electrons. The summed E-state index contributed by atoms with van der Waals surface area (Å²) in [6.07, 6.45) is 2.54. The molecule has 0 fully saturated rings. The van der Waals surface area contributed by atoms with Crippen molar-refractivity contribution in [3.8, 4) is 0 Å². The normalized spacial score (nSPS) is 12.9. The number of aryl methyl sites for hydroxylation is 1. The molecular weight excluding hydrogens is 206 g/mol. The number of rotatable bonds is 5. The van der Waals surface area contributed by atoms with Gasteiger partial charge in [0.1, 0.15) is 5.76 Å². The van der Waals surface area contributed by atoms with Crippen molar-refractivity contribution in [2.45, 2.75) is 32.9 Å². The number of hydrogen-bond donors (Lipinski definition) is 1. The van der Waals surface area contributed by atoms with E-state index < -0.39 is 0 Å². The van der Waals surface area contributed by atoms with Gasteiger partial charge in [0.15, 0.2) is 5.82 Å². The van der Waals surface area contributed by atoms with Crippen molar-refractivity contribution in [3.63, 3.8) is 0 Å². The summed E-state index contributed by atoms with van der Waals surface area (Å²) in [5.74, 6) is 2.25. The lowest BCUT2D eigenvalue weighted by molar-refractivity contribution is 0.382. The minimum absolute atomic E-state index is 0.310. The number of nitrogens with one attached hydrogen (secondary N) is 1. The van der Waals surface area contributed by atoms with Crippen molar-refractivity contribution in [2.75, 3.05) is 0 Å². The van der Waals surface area contributed by atoms with Gasteiger partial charge >= 0.3 is 0 Å². The Labute approximate surface area is 93.8 Å². The van der Waals surface area contributed by atoms with Crippen molar-refractivity contribution in [1.29, 1.82) is 0 Å². The molecule has 1 N–H and O–H groups in total. The van der Waals surface area contributed by atoms with E-state index >= 15 is 0 Å². The van der Waals surface area contributed by atoms with Crippen molar-refractivity contribution in [3.05, 3.63) is 35.9 Å². The fourth-order valence-electron chi connectivity index (χ4n) is 1.48. The maximum absolute atomic E-state index is 5.27. The fraction of sp³-hybridized carbons (Fsp3) is 0.455. The highest BCUT2D eigenvalue weighted by molar-refractivity contribution is 5.00. The van der Waals surface area contributed by atoms with Crippen LogP contribution < -0.4 is 5.32 Å². The smallest absolute Gasteiger partial charge is 0.223 e. The first-order valence-electron chi connectivity index (χ1n) is 5.29. The molecule has 0 aliphatic carbocycles. The Morgan fingerprint density at radius 3 is 3.00 bits per heavy atom. The molecule has 2 aromatic heterocycles. The van der Waals surface area contributed by atoms with Gasteiger partial charge in [0.05, 0.1) is 12.8 Å². The molecule has 0 spiro atoms. The molecule has 5 nitrogen and oxygen atoms in total. The lowest BCUT2D eigenvalue weighted by Crippen LogP contribution is -2.27. The number of furan rings is 1. The zero-order valence-corrected chi connectivity index (χ0v) is 9.43. The van der Waals surface area contributed by atoms with Crippen LogP contribution in [0.2, 0.25) is 0 Å². The van der Waals surface area contributed by atoms with Crippen LogP contribution in [0.4, 0.5) is 0 Å². The van der Waals surface area contributed by atoms with Crippen LogP contribution in [0.5, 0.6) is 0 Å². The highest BCUT2D eigenvalue weighted by atomic mass is 16.5. The molecule has 2 aromatic rings. The first kappa shape index (κ1) is 10.9. The summed E-state index contributed by atoms with van der Waals surface area (Å²) < 4.78 is 10.2. The maximum Gasteiger partial charge on any atom is 0.223 e. The number of hydrogen-bond acceptors (Lipinski definition) is 5. The van der Waals surface area contributed by atoms with Crippen LogP contribution >= 0.6 is 0 Å². The van der Waals surface area contributed by atoms with Crippen LogP contribution in [0.25, 0.3) is 0 Å². The zero-order chi connectivity index (χ0) is 11.4. The van der Waals surface area contributed by atoms with E-state index in [9.17, 15) is 0 Å². The molecule has 0 aliphatic heterocycles. The molecule has 16 heavy (non-hydrogen) atoms. The fourth-order valence-corrected chi connectivity index (χ4v) is 1.48. The first-order valence-corrected chi connectivity index (χ1v) is 5.29. The van der Waals surface area contributed by atoms with Crippen molar-refractivity contribution < 1.29 is 8.94 Å². The highest BCUT2D eigenvalue weighted by Gasteiger charge is 2.07. The standard InChI is InChI=1S/C11H15N3O2/c1-8(6-10-4-3-5-15-10)12-7-11-13-9(2)16-14-11/h3-5,8,12H,6-7H2,1-2H3. The second-order valence-corrected chi connectivity index (χ2v) is 3.80. The van der Waals surface area contributed by atoms with Gasteiger partial charge in [0.25, 0.3) is 0 Å². The Hall–Kier alpha value is -1.62. The molecule has 0 aromatic carbocycles. The molecule has 2 heterocycles. The monoisotopic (exact) mass is 221 g/mol. The molecule has 0 aliphatic rings. The lowest BCUT2D eigenvalue weighted by Gasteiger charge is -2.09. The van der Waals surface area contributed by atoms with Gasteiger partial charge in [0.2, 0.25) is 5.89 Å². The zero-order valence-electron chi connectivity index (χ0n) is 9.43. The molecular formula is C11H15N3O2. The van der Waals surface area contributed by atoms with Crippen molar-refractivity contribution in [1.82, 2.24) is 15.5 Å². The molecule has 0 saturated carbocycles. The molecule has 0 bridgehead atoms. The van der Waals surface area contributed by atoms with E-state index in [2.05, 4.69) is 22.4 Å². The second-order valence-electron chi connectivity index (χ2n) is 3.80. The van der Waals surface area contributed by atoms with Crippen LogP contribution in [0.1, 0.15) is 24.4 Å². The molecule has 5 heteroatoms. The summed E-state index contributed by atoms with van der Waals surface area (Å²) in [6.45, 7) is 4.48. The van der Waals surface area contributed by atoms with Gasteiger partial charge in [-0.2, -0.15) is 4.98 Å². The average Bonchev–Trinajstić information content (AvgIpc) is 2.87. The lowest BCUT2D eigenvalue weighted by atomic mass is 10.2. The summed E-state index contributed by atoms with van der Waals surface area (Å²) >= 11 is 0. The third kappa shape index (κ3) is 2.93. The van der Waals surface area contributed by atoms with E-state index in [1.165, 1.54) is 0 Å². The SMILES string of the molecule is Cc1nc(CNC(C)Cc2ccco2)no1. The summed E-state index contributed by atoms with van der Waals surface area (Å²) in [5, 5.41) is 7.12. The Bertz CT molecular complexity index is 422. The summed E-state index contributed by atoms with van der Waals surface area (Å²) in [4.78, 5) is 4.12. The number of aromatic nitrogens is 2. The minimum Gasteiger partial charge on any atom is -0.469 e. The van der Waals surface area contributed by atoms with Crippen LogP contribution in [0, 0.1) is 6.92 Å². The Morgan fingerprint density at radius 1 is 1.50 bits per heavy atom. The van der Waals surface area contributed by atoms with Gasteiger partial charge in [-0.3, -0.25) is 0 Å². The van der Waals surface area contributed by atoms with Crippen LogP contribution in [-0.2, 0) is 13.0 Å². The highest BCUT2D eigenvalue weighted by Crippen LogP contribution is 2.04. The first-order chi connectivity index (χ1) is 7.74. The molecule has 1 unspecified atom stereocenters. The van der Waals surface area contributed by atoms with Crippen LogP contribution in [0.15, 0.2) is 27.3 Å². The van der Waals surface area contributed by atoms with Gasteiger partial charge in [-0.1, -0.05) is 5.16 Å². The molecule has 0 saturated heterocycles. The van der Waals surface area contributed by atoms with Crippen LogP contribution in [-0.4, -0.2) is 16.2 Å². The summed E-state index contributed by atoms with van der Waals surface area (Å²) in [5.41, 5.74) is 0. The predicted molar refractivity (Wildman–Crippen MR) is 57.7 cm³/mol. The Kier molecular flexibility index (Phi) is 3.36. The van der Waals surface area contributed by atoms with Crippen LogP contribution in [0.3, 0.4) is 0 Å². The van der Waals surface area contributed by atoms with E-state index in [1.807, 2.05) is 12.1 Å². The molecule has 0 amide bonds. The van der Waals surface area contributed by atoms with E-state index in [0.29, 0.717) is 24.3 Å². The second kappa shape index (κ2) is 4.94. The van der Waals surface area contributed by atoms with E-state index in [4.69, 9.17) is 8.94 Å². The van der Waals surface area contributed by atoms with Crippen molar-refractivity contribution in [2.24, 2.45) is 0 Å². The van der Waals surface area contributed by atoms with E-state index in [-0.39, 0.29) is 0 Å². The van der Waals surface area contributed by atoms with Gasteiger partial charge in [-0.25, -0.2) is 0 Å². The topological polar surface area (TPSA) is 64.1 Å². The minimum atomic E-state index is 0.310. The van der Waals surface area contributed by atoms with E-state index in [0.717, 1.165) is 12.2 Å². The Balaban J connectivity index is 1.77. The molecule has 2 rings (SSSR count). The van der Waals surface area contributed by atoms with Gasteiger partial charge in [-0.05, 0) is 19.1 Å². The van der Waals surface area contributed by atoms with Gasteiger partial charge in [0, 0.05) is 19.4 Å². The van der Waals surface area contributed by atoms with E-state index in [1.54, 1.807) is 13.2 Å². The third-order valence-corrected chi connectivity index (χ3v) is 2.27. The third-order valence-electron chi connectivity index (χ3n) is 2.27. The molecule has 1 atom stereocenters. The molecule has 86 valence electrons. The maximum atomic E-state index is 5.27. The summed E-state index contributed by atoms with van der Waals surface area (Å²) in [7, 11) is 0. The van der Waals surface area contributed by atoms with Gasteiger partial charge in [-0.15, -0.1) is 0 Å². The summed E-state index contributed by atoms with van der Waals surface area (Å²) in [6, 6.07) is 4.17.